The minimum atomic E-state index is -0.768. The van der Waals surface area contributed by atoms with Crippen molar-refractivity contribution in [3.05, 3.63) is 23.8 Å². The normalized spacial score (nSPS) is 13.3. The first-order chi connectivity index (χ1) is 6.81. The topological polar surface area (TPSA) is 46.5 Å². The van der Waals surface area contributed by atoms with Gasteiger partial charge in [0.2, 0.25) is 0 Å². The Hall–Kier alpha value is -1.09. The van der Waals surface area contributed by atoms with E-state index in [0.29, 0.717) is 6.61 Å². The van der Waals surface area contributed by atoms with Gasteiger partial charge in [-0.15, -0.1) is 0 Å². The van der Waals surface area contributed by atoms with Gasteiger partial charge in [0.05, 0.1) is 5.60 Å². The van der Waals surface area contributed by atoms with Crippen LogP contribution in [0.5, 0.6) is 0 Å². The molecule has 0 aliphatic carbocycles. The highest BCUT2D eigenvalue weighted by Crippen LogP contribution is 2.06. The fourth-order valence-electron chi connectivity index (χ4n) is 0.918. The molecule has 0 fully saturated rings. The third kappa shape index (κ3) is 10.8. The molecule has 0 aliphatic rings. The first kappa shape index (κ1) is 13.9. The van der Waals surface area contributed by atoms with E-state index in [1.807, 2.05) is 19.1 Å². The molecule has 3 heteroatoms. The molecule has 0 atom stereocenters. The molecule has 15 heavy (non-hydrogen) atoms. The van der Waals surface area contributed by atoms with Crippen LogP contribution in [0.15, 0.2) is 23.8 Å². The van der Waals surface area contributed by atoms with Crippen molar-refractivity contribution in [2.24, 2.45) is 0 Å². The van der Waals surface area contributed by atoms with Gasteiger partial charge in [-0.25, -0.2) is 0 Å². The average Bonchev–Trinajstić information content (AvgIpc) is 2.00. The van der Waals surface area contributed by atoms with Gasteiger partial charge in [0.25, 0.3) is 0 Å². The summed E-state index contributed by atoms with van der Waals surface area (Å²) < 4.78 is 4.77. The fraction of sp³-hybridized carbons (Fsp3) is 0.583. The van der Waals surface area contributed by atoms with Crippen LogP contribution >= 0.6 is 0 Å². The van der Waals surface area contributed by atoms with Gasteiger partial charge in [-0.2, -0.15) is 0 Å². The number of carbonyl (C=O) groups excluding carboxylic acids is 1. The molecule has 0 bridgehead atoms. The highest BCUT2D eigenvalue weighted by atomic mass is 16.5. The number of hydrogen-bond acceptors (Lipinski definition) is 3. The second-order valence-electron chi connectivity index (χ2n) is 4.11. The zero-order valence-corrected chi connectivity index (χ0v) is 9.91. The Morgan fingerprint density at radius 1 is 1.40 bits per heavy atom. The summed E-state index contributed by atoms with van der Waals surface area (Å²) in [6, 6.07) is 0. The number of allylic oxidation sites excluding steroid dienone is 2. The van der Waals surface area contributed by atoms with Crippen LogP contribution in [0.3, 0.4) is 0 Å². The standard InChI is InChI=1S/C12H20O3/c1-10(7-9-15-11(2)13)6-5-8-12(3,4)14/h5,7-8,14H,6,9H2,1-4H3/b8-5+,10-7+. The molecule has 86 valence electrons. The van der Waals surface area contributed by atoms with E-state index < -0.39 is 5.60 Å². The average molecular weight is 212 g/mol. The summed E-state index contributed by atoms with van der Waals surface area (Å²) in [4.78, 5) is 10.5. The maximum Gasteiger partial charge on any atom is 0.302 e. The van der Waals surface area contributed by atoms with Crippen molar-refractivity contribution in [2.75, 3.05) is 6.61 Å². The molecule has 0 aliphatic heterocycles. The molecule has 0 saturated heterocycles. The van der Waals surface area contributed by atoms with Gasteiger partial charge in [0.1, 0.15) is 6.61 Å². The number of ether oxygens (including phenoxy) is 1. The predicted octanol–water partition coefficient (Wildman–Crippen LogP) is 2.21. The molecule has 1 N–H and O–H groups in total. The maximum absolute atomic E-state index is 10.5. The highest BCUT2D eigenvalue weighted by Gasteiger charge is 2.04. The summed E-state index contributed by atoms with van der Waals surface area (Å²) in [5, 5.41) is 9.40. The third-order valence-corrected chi connectivity index (χ3v) is 1.68. The van der Waals surface area contributed by atoms with E-state index in [9.17, 15) is 9.90 Å². The molecule has 0 saturated carbocycles. The number of carbonyl (C=O) groups is 1. The zero-order chi connectivity index (χ0) is 11.9. The molecule has 0 aromatic heterocycles. The predicted molar refractivity (Wildman–Crippen MR) is 60.4 cm³/mol. The Balaban J connectivity index is 3.88. The van der Waals surface area contributed by atoms with Crippen LogP contribution in [-0.4, -0.2) is 23.3 Å². The second-order valence-corrected chi connectivity index (χ2v) is 4.11. The molecular formula is C12H20O3. The highest BCUT2D eigenvalue weighted by molar-refractivity contribution is 5.66. The fourth-order valence-corrected chi connectivity index (χ4v) is 0.918. The lowest BCUT2D eigenvalue weighted by Gasteiger charge is -2.09. The van der Waals surface area contributed by atoms with Crippen molar-refractivity contribution in [3.8, 4) is 0 Å². The SMILES string of the molecule is CC(=O)OC/C=C(\C)C/C=C/C(C)(C)O. The van der Waals surface area contributed by atoms with E-state index in [2.05, 4.69) is 0 Å². The number of hydrogen-bond donors (Lipinski definition) is 1. The van der Waals surface area contributed by atoms with Crippen molar-refractivity contribution in [2.45, 2.75) is 39.7 Å². The zero-order valence-electron chi connectivity index (χ0n) is 9.91. The van der Waals surface area contributed by atoms with Gasteiger partial charge in [-0.1, -0.05) is 17.7 Å². The summed E-state index contributed by atoms with van der Waals surface area (Å²) in [7, 11) is 0. The Bertz CT molecular complexity index is 257. The van der Waals surface area contributed by atoms with Gasteiger partial charge >= 0.3 is 5.97 Å². The number of rotatable bonds is 5. The van der Waals surface area contributed by atoms with E-state index in [-0.39, 0.29) is 5.97 Å². The molecule has 0 aromatic carbocycles. The van der Waals surface area contributed by atoms with Crippen molar-refractivity contribution in [1.29, 1.82) is 0 Å². The van der Waals surface area contributed by atoms with Crippen LogP contribution in [0.4, 0.5) is 0 Å². The summed E-state index contributed by atoms with van der Waals surface area (Å²) in [5.41, 5.74) is 0.340. The molecule has 0 rings (SSSR count). The molecule has 0 radical (unpaired) electrons. The maximum atomic E-state index is 10.5. The van der Waals surface area contributed by atoms with Gasteiger partial charge in [0.15, 0.2) is 0 Å². The summed E-state index contributed by atoms with van der Waals surface area (Å²) >= 11 is 0. The molecule has 0 spiro atoms. The quantitative estimate of drug-likeness (QED) is 0.561. The van der Waals surface area contributed by atoms with Crippen LogP contribution in [0.1, 0.15) is 34.1 Å². The number of aliphatic hydroxyl groups is 1. The largest absolute Gasteiger partial charge is 0.462 e. The Morgan fingerprint density at radius 2 is 2.00 bits per heavy atom. The third-order valence-electron chi connectivity index (χ3n) is 1.68. The summed E-state index contributed by atoms with van der Waals surface area (Å²) in [6.45, 7) is 7.11. The monoisotopic (exact) mass is 212 g/mol. The first-order valence-electron chi connectivity index (χ1n) is 5.00. The van der Waals surface area contributed by atoms with E-state index in [0.717, 1.165) is 12.0 Å². The van der Waals surface area contributed by atoms with Crippen molar-refractivity contribution in [1.82, 2.24) is 0 Å². The molecule has 3 nitrogen and oxygen atoms in total. The van der Waals surface area contributed by atoms with Crippen LogP contribution in [-0.2, 0) is 9.53 Å². The molecular weight excluding hydrogens is 192 g/mol. The lowest BCUT2D eigenvalue weighted by Crippen LogP contribution is -2.13. The van der Waals surface area contributed by atoms with Crippen LogP contribution < -0.4 is 0 Å². The molecule has 0 amide bonds. The van der Waals surface area contributed by atoms with E-state index in [1.54, 1.807) is 19.9 Å². The van der Waals surface area contributed by atoms with E-state index >= 15 is 0 Å². The van der Waals surface area contributed by atoms with Crippen molar-refractivity contribution >= 4 is 5.97 Å². The van der Waals surface area contributed by atoms with Gasteiger partial charge in [0, 0.05) is 6.92 Å². The smallest absolute Gasteiger partial charge is 0.302 e. The Labute approximate surface area is 91.4 Å². The van der Waals surface area contributed by atoms with E-state index in [4.69, 9.17) is 4.74 Å². The van der Waals surface area contributed by atoms with Crippen LogP contribution in [0.2, 0.25) is 0 Å². The molecule has 0 heterocycles. The minimum Gasteiger partial charge on any atom is -0.462 e. The lowest BCUT2D eigenvalue weighted by molar-refractivity contribution is -0.139. The van der Waals surface area contributed by atoms with Gasteiger partial charge in [-0.05, 0) is 33.3 Å². The van der Waals surface area contributed by atoms with Gasteiger partial charge < -0.3 is 9.84 Å². The molecule has 0 unspecified atom stereocenters. The Kier molecular flexibility index (Phi) is 5.94. The summed E-state index contributed by atoms with van der Waals surface area (Å²) in [5.74, 6) is -0.272. The first-order valence-corrected chi connectivity index (χ1v) is 5.00. The number of esters is 1. The molecule has 0 aromatic rings. The van der Waals surface area contributed by atoms with Gasteiger partial charge in [-0.3, -0.25) is 4.79 Å². The van der Waals surface area contributed by atoms with Crippen LogP contribution in [0.25, 0.3) is 0 Å². The second kappa shape index (κ2) is 6.40. The minimum absolute atomic E-state index is 0.272. The Morgan fingerprint density at radius 3 is 2.47 bits per heavy atom. The van der Waals surface area contributed by atoms with Crippen molar-refractivity contribution < 1.29 is 14.6 Å². The van der Waals surface area contributed by atoms with Crippen LogP contribution in [0, 0.1) is 0 Å². The summed E-state index contributed by atoms with van der Waals surface area (Å²) in [6.07, 6.45) is 6.26. The van der Waals surface area contributed by atoms with E-state index in [1.165, 1.54) is 6.92 Å². The van der Waals surface area contributed by atoms with Crippen molar-refractivity contribution in [3.63, 3.8) is 0 Å². The lowest BCUT2D eigenvalue weighted by atomic mass is 10.1.